The number of fused-ring (bicyclic) bond motifs is 2. The lowest BCUT2D eigenvalue weighted by molar-refractivity contribution is -0.149. The van der Waals surface area contributed by atoms with Crippen LogP contribution in [-0.2, 0) is 19.1 Å². The van der Waals surface area contributed by atoms with Gasteiger partial charge in [0.25, 0.3) is 0 Å². The lowest BCUT2D eigenvalue weighted by Gasteiger charge is -2.15. The molecule has 0 aromatic carbocycles. The standard InChI is InChI=1S/C15H20O4/c1-3-18-14(16)12-7-5-6-10-8-11(12)9-13(10)15(17)19-4-2/h5-7,10-11,13H,3-4,8-9H2,1-2H3/t10-,11-,13-/m1/s1. The Morgan fingerprint density at radius 3 is 2.63 bits per heavy atom. The molecule has 0 N–H and O–H groups in total. The molecule has 1 saturated carbocycles. The van der Waals surface area contributed by atoms with Crippen molar-refractivity contribution in [3.8, 4) is 0 Å². The quantitative estimate of drug-likeness (QED) is 0.731. The van der Waals surface area contributed by atoms with Gasteiger partial charge in [-0.25, -0.2) is 4.79 Å². The van der Waals surface area contributed by atoms with E-state index in [2.05, 4.69) is 0 Å². The molecule has 0 saturated heterocycles. The van der Waals surface area contributed by atoms with Gasteiger partial charge in [0.15, 0.2) is 0 Å². The van der Waals surface area contributed by atoms with Crippen LogP contribution in [0.4, 0.5) is 0 Å². The molecule has 0 unspecified atom stereocenters. The predicted octanol–water partition coefficient (Wildman–Crippen LogP) is 2.25. The summed E-state index contributed by atoms with van der Waals surface area (Å²) in [5.41, 5.74) is 0.687. The molecule has 0 aromatic rings. The first-order valence-corrected chi connectivity index (χ1v) is 6.89. The van der Waals surface area contributed by atoms with Gasteiger partial charge in [-0.3, -0.25) is 4.79 Å². The molecule has 3 atom stereocenters. The van der Waals surface area contributed by atoms with Crippen LogP contribution in [0.3, 0.4) is 0 Å². The molecule has 2 bridgehead atoms. The molecule has 0 aromatic heterocycles. The van der Waals surface area contributed by atoms with E-state index in [1.165, 1.54) is 0 Å². The molecular weight excluding hydrogens is 244 g/mol. The van der Waals surface area contributed by atoms with Crippen LogP contribution < -0.4 is 0 Å². The van der Waals surface area contributed by atoms with Gasteiger partial charge in [0, 0.05) is 5.57 Å². The highest BCUT2D eigenvalue weighted by atomic mass is 16.5. The van der Waals surface area contributed by atoms with Crippen LogP contribution in [0.25, 0.3) is 0 Å². The zero-order valence-corrected chi connectivity index (χ0v) is 11.4. The molecule has 0 amide bonds. The minimum atomic E-state index is -0.262. The Hall–Kier alpha value is -1.58. The first kappa shape index (κ1) is 13.8. The molecule has 4 heteroatoms. The summed E-state index contributed by atoms with van der Waals surface area (Å²) in [6.07, 6.45) is 7.20. The molecule has 104 valence electrons. The van der Waals surface area contributed by atoms with Gasteiger partial charge >= 0.3 is 11.9 Å². The fourth-order valence-corrected chi connectivity index (χ4v) is 2.94. The fourth-order valence-electron chi connectivity index (χ4n) is 2.94. The van der Waals surface area contributed by atoms with E-state index < -0.39 is 0 Å². The van der Waals surface area contributed by atoms with Gasteiger partial charge in [-0.15, -0.1) is 0 Å². The van der Waals surface area contributed by atoms with Gasteiger partial charge in [0.2, 0.25) is 0 Å². The Morgan fingerprint density at radius 1 is 1.21 bits per heavy atom. The lowest BCUT2D eigenvalue weighted by Crippen LogP contribution is -2.21. The molecule has 19 heavy (non-hydrogen) atoms. The Bertz CT molecular complexity index is 422. The summed E-state index contributed by atoms with van der Waals surface area (Å²) < 4.78 is 10.2. The number of rotatable bonds is 4. The molecule has 2 aliphatic carbocycles. The van der Waals surface area contributed by atoms with Crippen LogP contribution >= 0.6 is 0 Å². The Labute approximate surface area is 113 Å². The lowest BCUT2D eigenvalue weighted by atomic mass is 9.94. The van der Waals surface area contributed by atoms with Crippen molar-refractivity contribution >= 4 is 11.9 Å². The second kappa shape index (κ2) is 6.04. The first-order valence-electron chi connectivity index (χ1n) is 6.89. The van der Waals surface area contributed by atoms with E-state index in [1.54, 1.807) is 6.92 Å². The number of hydrogen-bond donors (Lipinski definition) is 0. The summed E-state index contributed by atoms with van der Waals surface area (Å²) in [6, 6.07) is 0. The van der Waals surface area contributed by atoms with Crippen LogP contribution in [-0.4, -0.2) is 25.2 Å². The van der Waals surface area contributed by atoms with Gasteiger partial charge in [-0.1, -0.05) is 18.2 Å². The van der Waals surface area contributed by atoms with Crippen molar-refractivity contribution in [2.75, 3.05) is 13.2 Å². The first-order chi connectivity index (χ1) is 9.17. The van der Waals surface area contributed by atoms with E-state index in [0.717, 1.165) is 6.42 Å². The molecule has 0 radical (unpaired) electrons. The van der Waals surface area contributed by atoms with Crippen LogP contribution in [0.15, 0.2) is 23.8 Å². The maximum Gasteiger partial charge on any atom is 0.334 e. The smallest absolute Gasteiger partial charge is 0.334 e. The van der Waals surface area contributed by atoms with Crippen LogP contribution in [0.2, 0.25) is 0 Å². The van der Waals surface area contributed by atoms with Crippen molar-refractivity contribution in [1.82, 2.24) is 0 Å². The van der Waals surface area contributed by atoms with Gasteiger partial charge in [0.05, 0.1) is 19.1 Å². The predicted molar refractivity (Wildman–Crippen MR) is 70.2 cm³/mol. The van der Waals surface area contributed by atoms with E-state index in [1.807, 2.05) is 25.2 Å². The molecule has 0 spiro atoms. The maximum absolute atomic E-state index is 11.9. The number of esters is 2. The Balaban J connectivity index is 2.11. The third-order valence-corrected chi connectivity index (χ3v) is 3.79. The molecule has 0 aliphatic heterocycles. The van der Waals surface area contributed by atoms with Gasteiger partial charge in [-0.05, 0) is 38.5 Å². The van der Waals surface area contributed by atoms with E-state index in [4.69, 9.17) is 9.47 Å². The highest BCUT2D eigenvalue weighted by molar-refractivity contribution is 5.90. The topological polar surface area (TPSA) is 52.6 Å². The number of carbonyl (C=O) groups is 2. The summed E-state index contributed by atoms with van der Waals surface area (Å²) in [7, 11) is 0. The second-order valence-corrected chi connectivity index (χ2v) is 4.92. The van der Waals surface area contributed by atoms with Crippen molar-refractivity contribution in [3.63, 3.8) is 0 Å². The number of hydrogen-bond acceptors (Lipinski definition) is 4. The average Bonchev–Trinajstić information content (AvgIpc) is 2.65. The summed E-state index contributed by atoms with van der Waals surface area (Å²) >= 11 is 0. The molecule has 0 heterocycles. The zero-order valence-electron chi connectivity index (χ0n) is 11.4. The number of ether oxygens (including phenoxy) is 2. The van der Waals surface area contributed by atoms with Crippen molar-refractivity contribution in [1.29, 1.82) is 0 Å². The van der Waals surface area contributed by atoms with Crippen molar-refractivity contribution < 1.29 is 19.1 Å². The van der Waals surface area contributed by atoms with Crippen LogP contribution in [0, 0.1) is 17.8 Å². The SMILES string of the molecule is CCOC(=O)C1=CC=C[C@@H]2C[C@@H]1C[C@H]2C(=O)OCC. The van der Waals surface area contributed by atoms with E-state index in [-0.39, 0.29) is 29.7 Å². The monoisotopic (exact) mass is 264 g/mol. The Kier molecular flexibility index (Phi) is 4.40. The molecular formula is C15H20O4. The van der Waals surface area contributed by atoms with Crippen LogP contribution in [0.1, 0.15) is 26.7 Å². The summed E-state index contributed by atoms with van der Waals surface area (Å²) in [5, 5.41) is 0. The maximum atomic E-state index is 11.9. The molecule has 2 aliphatic rings. The Morgan fingerprint density at radius 2 is 1.95 bits per heavy atom. The summed E-state index contributed by atoms with van der Waals surface area (Å²) in [5.74, 6) is -0.257. The van der Waals surface area contributed by atoms with E-state index >= 15 is 0 Å². The zero-order chi connectivity index (χ0) is 13.8. The third kappa shape index (κ3) is 2.88. The van der Waals surface area contributed by atoms with E-state index in [9.17, 15) is 9.59 Å². The third-order valence-electron chi connectivity index (χ3n) is 3.79. The van der Waals surface area contributed by atoms with Crippen molar-refractivity contribution in [3.05, 3.63) is 23.8 Å². The average molecular weight is 264 g/mol. The molecule has 2 rings (SSSR count). The molecule has 4 nitrogen and oxygen atoms in total. The minimum Gasteiger partial charge on any atom is -0.466 e. The summed E-state index contributed by atoms with van der Waals surface area (Å²) in [6.45, 7) is 4.38. The van der Waals surface area contributed by atoms with Crippen molar-refractivity contribution in [2.24, 2.45) is 17.8 Å². The highest BCUT2D eigenvalue weighted by Crippen LogP contribution is 2.43. The van der Waals surface area contributed by atoms with Crippen LogP contribution in [0.5, 0.6) is 0 Å². The molecule has 1 fully saturated rings. The number of carbonyl (C=O) groups excluding carboxylic acids is 2. The van der Waals surface area contributed by atoms with Crippen molar-refractivity contribution in [2.45, 2.75) is 26.7 Å². The second-order valence-electron chi connectivity index (χ2n) is 4.92. The number of allylic oxidation sites excluding steroid dienone is 3. The van der Waals surface area contributed by atoms with Gasteiger partial charge in [0.1, 0.15) is 0 Å². The highest BCUT2D eigenvalue weighted by Gasteiger charge is 2.42. The van der Waals surface area contributed by atoms with Gasteiger partial charge < -0.3 is 9.47 Å². The fraction of sp³-hybridized carbons (Fsp3) is 0.600. The van der Waals surface area contributed by atoms with E-state index in [0.29, 0.717) is 25.2 Å². The largest absolute Gasteiger partial charge is 0.466 e. The normalized spacial score (nSPS) is 28.5. The van der Waals surface area contributed by atoms with Gasteiger partial charge in [-0.2, -0.15) is 0 Å². The minimum absolute atomic E-state index is 0.105. The summed E-state index contributed by atoms with van der Waals surface area (Å²) in [4.78, 5) is 23.8.